The molecule has 2 saturated carbocycles. The van der Waals surface area contributed by atoms with Crippen LogP contribution in [-0.4, -0.2) is 48.3 Å². The second kappa shape index (κ2) is 5.94. The van der Waals surface area contributed by atoms with Gasteiger partial charge in [-0.2, -0.15) is 0 Å². The molecular weight excluding hydrogens is 248 g/mol. The van der Waals surface area contributed by atoms with Gasteiger partial charge in [0.25, 0.3) is 0 Å². The summed E-state index contributed by atoms with van der Waals surface area (Å²) in [5.74, 6) is 0.704. The summed E-state index contributed by atoms with van der Waals surface area (Å²) >= 11 is 0. The molecule has 0 amide bonds. The van der Waals surface area contributed by atoms with E-state index in [-0.39, 0.29) is 5.54 Å². The van der Waals surface area contributed by atoms with Crippen molar-refractivity contribution in [1.29, 1.82) is 0 Å². The number of hydrogen-bond donors (Lipinski definition) is 2. The van der Waals surface area contributed by atoms with Crippen LogP contribution in [0.25, 0.3) is 0 Å². The zero-order chi connectivity index (χ0) is 14.1. The molecule has 3 fully saturated rings. The normalized spacial score (nSPS) is 29.7. The first-order valence-electron chi connectivity index (χ1n) is 8.80. The van der Waals surface area contributed by atoms with E-state index in [0.717, 1.165) is 13.1 Å². The van der Waals surface area contributed by atoms with Crippen LogP contribution < -0.4 is 5.32 Å². The Balaban J connectivity index is 1.57. The number of rotatable bonds is 6. The van der Waals surface area contributed by atoms with E-state index >= 15 is 0 Å². The minimum atomic E-state index is -0.0189. The lowest BCUT2D eigenvalue weighted by Crippen LogP contribution is -2.59. The largest absolute Gasteiger partial charge is 0.394 e. The maximum atomic E-state index is 9.96. The van der Waals surface area contributed by atoms with Gasteiger partial charge in [-0.25, -0.2) is 0 Å². The maximum absolute atomic E-state index is 9.96. The Kier molecular flexibility index (Phi) is 4.40. The van der Waals surface area contributed by atoms with Crippen molar-refractivity contribution in [2.24, 2.45) is 11.3 Å². The number of likely N-dealkylation sites (N-methyl/N-ethyl adjacent to an activating group) is 1. The minimum absolute atomic E-state index is 0.0189. The van der Waals surface area contributed by atoms with E-state index in [4.69, 9.17) is 0 Å². The predicted molar refractivity (Wildman–Crippen MR) is 82.8 cm³/mol. The number of aliphatic hydroxyl groups is 1. The van der Waals surface area contributed by atoms with Crippen molar-refractivity contribution in [2.45, 2.75) is 63.8 Å². The Morgan fingerprint density at radius 3 is 2.30 bits per heavy atom. The molecular formula is C17H32N2O. The Hall–Kier alpha value is -0.120. The SMILES string of the molecule is CCNC(CO)(CN1CCC2(CCCC2)CC1)C1CC1. The summed E-state index contributed by atoms with van der Waals surface area (Å²) < 4.78 is 0. The number of likely N-dealkylation sites (tertiary alicyclic amines) is 1. The standard InChI is InChI=1S/C17H32N2O/c1-2-18-17(14-20,15-5-6-15)13-19-11-9-16(10-12-19)7-3-4-8-16/h15,18,20H,2-14H2,1H3. The Morgan fingerprint density at radius 1 is 1.15 bits per heavy atom. The predicted octanol–water partition coefficient (Wildman–Crippen LogP) is 2.39. The zero-order valence-corrected chi connectivity index (χ0v) is 13.2. The van der Waals surface area contributed by atoms with E-state index in [9.17, 15) is 5.11 Å². The first-order valence-corrected chi connectivity index (χ1v) is 8.80. The van der Waals surface area contributed by atoms with E-state index in [2.05, 4.69) is 17.1 Å². The third kappa shape index (κ3) is 2.90. The van der Waals surface area contributed by atoms with Gasteiger partial charge in [-0.3, -0.25) is 0 Å². The quantitative estimate of drug-likeness (QED) is 0.784. The molecule has 0 radical (unpaired) electrons. The smallest absolute Gasteiger partial charge is 0.0628 e. The third-order valence-electron chi connectivity index (χ3n) is 6.26. The summed E-state index contributed by atoms with van der Waals surface area (Å²) in [5.41, 5.74) is 0.686. The molecule has 0 bridgehead atoms. The molecule has 1 saturated heterocycles. The lowest BCUT2D eigenvalue weighted by atomic mass is 9.76. The van der Waals surface area contributed by atoms with E-state index in [1.165, 1.54) is 64.5 Å². The highest BCUT2D eigenvalue weighted by Gasteiger charge is 2.46. The lowest BCUT2D eigenvalue weighted by Gasteiger charge is -2.44. The van der Waals surface area contributed by atoms with Crippen LogP contribution >= 0.6 is 0 Å². The van der Waals surface area contributed by atoms with Crippen LogP contribution in [0.2, 0.25) is 0 Å². The number of nitrogens with one attached hydrogen (secondary N) is 1. The van der Waals surface area contributed by atoms with Crippen LogP contribution in [0.15, 0.2) is 0 Å². The topological polar surface area (TPSA) is 35.5 Å². The van der Waals surface area contributed by atoms with Crippen LogP contribution in [-0.2, 0) is 0 Å². The van der Waals surface area contributed by atoms with E-state index in [0.29, 0.717) is 17.9 Å². The summed E-state index contributed by atoms with van der Waals surface area (Å²) in [7, 11) is 0. The van der Waals surface area contributed by atoms with Crippen LogP contribution in [0.4, 0.5) is 0 Å². The first-order chi connectivity index (χ1) is 9.72. The average Bonchev–Trinajstić information content (AvgIpc) is 3.23. The first kappa shape index (κ1) is 14.8. The van der Waals surface area contributed by atoms with Crippen molar-refractivity contribution < 1.29 is 5.11 Å². The molecule has 1 unspecified atom stereocenters. The molecule has 1 atom stereocenters. The van der Waals surface area contributed by atoms with Gasteiger partial charge in [0.05, 0.1) is 12.1 Å². The van der Waals surface area contributed by atoms with Gasteiger partial charge in [-0.05, 0) is 69.5 Å². The highest BCUT2D eigenvalue weighted by atomic mass is 16.3. The molecule has 3 heteroatoms. The van der Waals surface area contributed by atoms with Gasteiger partial charge < -0.3 is 15.3 Å². The summed E-state index contributed by atoms with van der Waals surface area (Å²) in [5, 5.41) is 13.6. The molecule has 1 heterocycles. The molecule has 3 aliphatic rings. The van der Waals surface area contributed by atoms with Gasteiger partial charge in [0.1, 0.15) is 0 Å². The fourth-order valence-corrected chi connectivity index (χ4v) is 4.76. The molecule has 1 aliphatic heterocycles. The number of aliphatic hydroxyl groups excluding tert-OH is 1. The Morgan fingerprint density at radius 2 is 1.80 bits per heavy atom. The second-order valence-electron chi connectivity index (χ2n) is 7.60. The summed E-state index contributed by atoms with van der Waals surface area (Å²) in [6.07, 6.45) is 11.2. The molecule has 0 aromatic rings. The van der Waals surface area contributed by atoms with Crippen molar-refractivity contribution in [2.75, 3.05) is 32.8 Å². The fraction of sp³-hybridized carbons (Fsp3) is 1.00. The highest BCUT2D eigenvalue weighted by Crippen LogP contribution is 2.47. The highest BCUT2D eigenvalue weighted by molar-refractivity contribution is 5.03. The van der Waals surface area contributed by atoms with E-state index in [1.54, 1.807) is 0 Å². The molecule has 1 spiro atoms. The number of piperidine rings is 1. The third-order valence-corrected chi connectivity index (χ3v) is 6.26. The lowest BCUT2D eigenvalue weighted by molar-refractivity contribution is 0.0501. The molecule has 2 aliphatic carbocycles. The van der Waals surface area contributed by atoms with Gasteiger partial charge >= 0.3 is 0 Å². The average molecular weight is 280 g/mol. The number of hydrogen-bond acceptors (Lipinski definition) is 3. The van der Waals surface area contributed by atoms with Crippen LogP contribution in [0.3, 0.4) is 0 Å². The number of nitrogens with zero attached hydrogens (tertiary/aromatic N) is 1. The molecule has 0 aromatic heterocycles. The van der Waals surface area contributed by atoms with Gasteiger partial charge in [0.2, 0.25) is 0 Å². The van der Waals surface area contributed by atoms with Crippen molar-refractivity contribution in [1.82, 2.24) is 10.2 Å². The van der Waals surface area contributed by atoms with Crippen LogP contribution in [0.5, 0.6) is 0 Å². The van der Waals surface area contributed by atoms with Gasteiger partial charge in [0.15, 0.2) is 0 Å². The minimum Gasteiger partial charge on any atom is -0.394 e. The maximum Gasteiger partial charge on any atom is 0.0628 e. The molecule has 20 heavy (non-hydrogen) atoms. The molecule has 3 nitrogen and oxygen atoms in total. The van der Waals surface area contributed by atoms with Crippen molar-refractivity contribution >= 4 is 0 Å². The van der Waals surface area contributed by atoms with Crippen molar-refractivity contribution in [3.05, 3.63) is 0 Å². The van der Waals surface area contributed by atoms with E-state index < -0.39 is 0 Å². The van der Waals surface area contributed by atoms with Crippen molar-refractivity contribution in [3.8, 4) is 0 Å². The second-order valence-corrected chi connectivity index (χ2v) is 7.60. The Bertz CT molecular complexity index is 313. The van der Waals surface area contributed by atoms with E-state index in [1.807, 2.05) is 0 Å². The fourth-order valence-electron chi connectivity index (χ4n) is 4.76. The van der Waals surface area contributed by atoms with Gasteiger partial charge in [-0.15, -0.1) is 0 Å². The molecule has 2 N–H and O–H groups in total. The zero-order valence-electron chi connectivity index (χ0n) is 13.2. The molecule has 0 aromatic carbocycles. The van der Waals surface area contributed by atoms with Crippen LogP contribution in [0, 0.1) is 11.3 Å². The Labute approximate surface area is 124 Å². The summed E-state index contributed by atoms with van der Waals surface area (Å²) in [6, 6.07) is 0. The van der Waals surface area contributed by atoms with Crippen LogP contribution in [0.1, 0.15) is 58.3 Å². The summed E-state index contributed by atoms with van der Waals surface area (Å²) in [6.45, 7) is 6.98. The molecule has 116 valence electrons. The van der Waals surface area contributed by atoms with Gasteiger partial charge in [0, 0.05) is 6.54 Å². The van der Waals surface area contributed by atoms with Crippen molar-refractivity contribution in [3.63, 3.8) is 0 Å². The summed E-state index contributed by atoms with van der Waals surface area (Å²) in [4.78, 5) is 2.63. The monoisotopic (exact) mass is 280 g/mol. The van der Waals surface area contributed by atoms with Gasteiger partial charge in [-0.1, -0.05) is 19.8 Å². The molecule has 3 rings (SSSR count).